The van der Waals surface area contributed by atoms with Gasteiger partial charge in [0.15, 0.2) is 5.75 Å². The zero-order valence-corrected chi connectivity index (χ0v) is 16.9. The molecule has 0 saturated heterocycles. The van der Waals surface area contributed by atoms with E-state index < -0.39 is 5.97 Å². The number of phenolic OH excluding ortho intramolecular Hbond substituents is 1. The standard InChI is InChI=1S/C23H19NO5S/c1-3-18(24-4-2)21(28)23-22(17-11-8-15(25)13-19(17)30-23)29-16-9-5-14(6-10-16)7-12-20(26)27/h3-13,24-25H,2H2,1H3,(H,26,27)/b12-7+,18-3-. The molecule has 6 nitrogen and oxygen atoms in total. The van der Waals surface area contributed by atoms with E-state index in [1.165, 1.54) is 29.7 Å². The zero-order valence-electron chi connectivity index (χ0n) is 16.1. The van der Waals surface area contributed by atoms with Gasteiger partial charge in [-0.3, -0.25) is 4.79 Å². The fraction of sp³-hybridized carbons (Fsp3) is 0.0435. The van der Waals surface area contributed by atoms with Crippen molar-refractivity contribution in [3.63, 3.8) is 0 Å². The summed E-state index contributed by atoms with van der Waals surface area (Å²) in [5.74, 6) is -0.310. The fourth-order valence-corrected chi connectivity index (χ4v) is 3.87. The second-order valence-electron chi connectivity index (χ2n) is 6.16. The molecule has 0 spiro atoms. The lowest BCUT2D eigenvalue weighted by Crippen LogP contribution is -2.14. The number of carboxylic acids is 1. The van der Waals surface area contributed by atoms with Gasteiger partial charge in [-0.15, -0.1) is 11.3 Å². The predicted molar refractivity (Wildman–Crippen MR) is 118 cm³/mol. The van der Waals surface area contributed by atoms with Gasteiger partial charge in [-0.1, -0.05) is 24.8 Å². The summed E-state index contributed by atoms with van der Waals surface area (Å²) in [7, 11) is 0. The summed E-state index contributed by atoms with van der Waals surface area (Å²) in [5.41, 5.74) is 1.06. The monoisotopic (exact) mass is 421 g/mol. The van der Waals surface area contributed by atoms with Crippen LogP contribution in [0.15, 0.2) is 73.1 Å². The van der Waals surface area contributed by atoms with Crippen LogP contribution in [0.25, 0.3) is 16.2 Å². The molecular formula is C23H19NO5S. The third-order valence-corrected chi connectivity index (χ3v) is 5.28. The van der Waals surface area contributed by atoms with Crippen molar-refractivity contribution in [2.75, 3.05) is 0 Å². The van der Waals surface area contributed by atoms with Crippen LogP contribution in [0.4, 0.5) is 0 Å². The van der Waals surface area contributed by atoms with Crippen molar-refractivity contribution in [2.24, 2.45) is 0 Å². The van der Waals surface area contributed by atoms with Crippen molar-refractivity contribution >= 4 is 39.3 Å². The van der Waals surface area contributed by atoms with Crippen LogP contribution in [-0.4, -0.2) is 22.0 Å². The van der Waals surface area contributed by atoms with Crippen molar-refractivity contribution in [1.82, 2.24) is 5.32 Å². The van der Waals surface area contributed by atoms with Crippen LogP contribution < -0.4 is 10.1 Å². The number of aromatic hydroxyl groups is 1. The molecule has 3 aromatic rings. The molecule has 0 radical (unpaired) electrons. The van der Waals surface area contributed by atoms with Crippen molar-refractivity contribution in [3.05, 3.63) is 83.5 Å². The number of benzene rings is 2. The maximum Gasteiger partial charge on any atom is 0.328 e. The van der Waals surface area contributed by atoms with Crippen LogP contribution in [0.3, 0.4) is 0 Å². The van der Waals surface area contributed by atoms with E-state index in [-0.39, 0.29) is 11.5 Å². The summed E-state index contributed by atoms with van der Waals surface area (Å²) in [4.78, 5) is 24.1. The van der Waals surface area contributed by atoms with Gasteiger partial charge in [-0.05, 0) is 55.1 Å². The molecule has 0 aliphatic rings. The molecule has 1 aromatic heterocycles. The van der Waals surface area contributed by atoms with E-state index in [1.807, 2.05) is 0 Å². The summed E-state index contributed by atoms with van der Waals surface area (Å²) in [6, 6.07) is 11.6. The molecule has 0 atom stereocenters. The quantitative estimate of drug-likeness (QED) is 0.337. The summed E-state index contributed by atoms with van der Waals surface area (Å²) < 4.78 is 6.78. The average Bonchev–Trinajstić information content (AvgIpc) is 3.08. The number of thiophene rings is 1. The van der Waals surface area contributed by atoms with Crippen LogP contribution in [0.2, 0.25) is 0 Å². The van der Waals surface area contributed by atoms with Gasteiger partial charge in [0, 0.05) is 16.2 Å². The van der Waals surface area contributed by atoms with E-state index in [2.05, 4.69) is 11.9 Å². The number of nitrogens with one attached hydrogen (secondary N) is 1. The minimum Gasteiger partial charge on any atom is -0.508 e. The molecule has 0 saturated carbocycles. The second kappa shape index (κ2) is 9.11. The van der Waals surface area contributed by atoms with Crippen molar-refractivity contribution in [1.29, 1.82) is 0 Å². The first-order valence-electron chi connectivity index (χ1n) is 8.95. The third-order valence-electron chi connectivity index (χ3n) is 4.14. The highest BCUT2D eigenvalue weighted by molar-refractivity contribution is 7.21. The summed E-state index contributed by atoms with van der Waals surface area (Å²) >= 11 is 1.22. The Hall–Kier alpha value is -3.84. The molecule has 0 bridgehead atoms. The Bertz CT molecular complexity index is 1170. The van der Waals surface area contributed by atoms with Gasteiger partial charge in [0.25, 0.3) is 0 Å². The number of phenols is 1. The second-order valence-corrected chi connectivity index (χ2v) is 7.22. The van der Waals surface area contributed by atoms with E-state index in [0.717, 1.165) is 6.08 Å². The van der Waals surface area contributed by atoms with Gasteiger partial charge in [-0.2, -0.15) is 0 Å². The molecule has 7 heteroatoms. The van der Waals surface area contributed by atoms with Crippen molar-refractivity contribution in [2.45, 2.75) is 6.92 Å². The fourth-order valence-electron chi connectivity index (χ4n) is 2.76. The Morgan fingerprint density at radius 1 is 1.17 bits per heavy atom. The largest absolute Gasteiger partial charge is 0.508 e. The highest BCUT2D eigenvalue weighted by Crippen LogP contribution is 2.42. The van der Waals surface area contributed by atoms with Gasteiger partial charge in [0.2, 0.25) is 5.78 Å². The normalized spacial score (nSPS) is 11.6. The average molecular weight is 421 g/mol. The molecule has 0 fully saturated rings. The number of Topliss-reactive ketones (excluding diaryl/α,β-unsaturated/α-hetero) is 1. The van der Waals surface area contributed by atoms with E-state index >= 15 is 0 Å². The number of rotatable bonds is 8. The molecule has 2 aromatic carbocycles. The molecule has 30 heavy (non-hydrogen) atoms. The van der Waals surface area contributed by atoms with Crippen molar-refractivity contribution in [3.8, 4) is 17.2 Å². The van der Waals surface area contributed by atoms with E-state index in [4.69, 9.17) is 9.84 Å². The van der Waals surface area contributed by atoms with Crippen LogP contribution in [0.1, 0.15) is 22.2 Å². The molecule has 1 heterocycles. The number of carbonyl (C=O) groups is 2. The summed E-state index contributed by atoms with van der Waals surface area (Å²) in [6.07, 6.45) is 5.61. The first kappa shape index (κ1) is 20.9. The number of allylic oxidation sites excluding steroid dienone is 2. The third kappa shape index (κ3) is 4.59. The number of ketones is 1. The van der Waals surface area contributed by atoms with Crippen molar-refractivity contribution < 1.29 is 24.5 Å². The van der Waals surface area contributed by atoms with Crippen LogP contribution in [0.5, 0.6) is 17.2 Å². The number of aliphatic carboxylic acids is 1. The van der Waals surface area contributed by atoms with E-state index in [1.54, 1.807) is 49.4 Å². The lowest BCUT2D eigenvalue weighted by atomic mass is 10.1. The molecule has 0 aliphatic heterocycles. The Balaban J connectivity index is 2.02. The lowest BCUT2D eigenvalue weighted by molar-refractivity contribution is -0.131. The van der Waals surface area contributed by atoms with Gasteiger partial charge >= 0.3 is 5.97 Å². The number of fused-ring (bicyclic) bond motifs is 1. The summed E-state index contributed by atoms with van der Waals surface area (Å²) in [5, 5.41) is 22.1. The lowest BCUT2D eigenvalue weighted by Gasteiger charge is -2.09. The zero-order chi connectivity index (χ0) is 21.7. The highest BCUT2D eigenvalue weighted by Gasteiger charge is 2.23. The van der Waals surface area contributed by atoms with Crippen LogP contribution in [-0.2, 0) is 4.79 Å². The molecule has 0 unspecified atom stereocenters. The Labute approximate surface area is 177 Å². The van der Waals surface area contributed by atoms with Gasteiger partial charge in [-0.25, -0.2) is 4.79 Å². The van der Waals surface area contributed by atoms with E-state index in [0.29, 0.717) is 37.7 Å². The van der Waals surface area contributed by atoms with Gasteiger partial charge in [0.1, 0.15) is 16.4 Å². The summed E-state index contributed by atoms with van der Waals surface area (Å²) in [6.45, 7) is 5.34. The van der Waals surface area contributed by atoms with Crippen LogP contribution >= 0.6 is 11.3 Å². The number of carbonyl (C=O) groups excluding carboxylic acids is 1. The number of hydrogen-bond donors (Lipinski definition) is 3. The highest BCUT2D eigenvalue weighted by atomic mass is 32.1. The van der Waals surface area contributed by atoms with E-state index in [9.17, 15) is 14.7 Å². The van der Waals surface area contributed by atoms with Gasteiger partial charge < -0.3 is 20.3 Å². The minimum absolute atomic E-state index is 0.0966. The first-order chi connectivity index (χ1) is 14.4. The molecule has 0 aliphatic carbocycles. The topological polar surface area (TPSA) is 95.9 Å². The first-order valence-corrected chi connectivity index (χ1v) is 9.77. The molecule has 0 amide bonds. The smallest absolute Gasteiger partial charge is 0.328 e. The maximum absolute atomic E-state index is 13.1. The molecular weight excluding hydrogens is 402 g/mol. The predicted octanol–water partition coefficient (Wildman–Crippen LogP) is 5.32. The van der Waals surface area contributed by atoms with Gasteiger partial charge in [0.05, 0.1) is 5.70 Å². The molecule has 3 rings (SSSR count). The number of ether oxygens (including phenoxy) is 1. The number of hydrogen-bond acceptors (Lipinski definition) is 6. The SMILES string of the molecule is C=CN/C(=C\C)C(=O)c1sc2cc(O)ccc2c1Oc1ccc(/C=C/C(=O)O)cc1. The molecule has 3 N–H and O–H groups in total. The Morgan fingerprint density at radius 3 is 2.53 bits per heavy atom. The molecule has 152 valence electrons. The maximum atomic E-state index is 13.1. The Morgan fingerprint density at radius 2 is 1.90 bits per heavy atom. The van der Waals surface area contributed by atoms with Crippen LogP contribution in [0, 0.1) is 0 Å². The minimum atomic E-state index is -1.03. The Kier molecular flexibility index (Phi) is 6.34. The number of carboxylic acid groups (broad SMARTS) is 1.